The summed E-state index contributed by atoms with van der Waals surface area (Å²) in [6.45, 7) is 6.31. The lowest BCUT2D eigenvalue weighted by Crippen LogP contribution is -2.57. The monoisotopic (exact) mass is 239 g/mol. The number of carbonyl (C=O) groups is 2. The summed E-state index contributed by atoms with van der Waals surface area (Å²) in [5, 5.41) is 6.17. The van der Waals surface area contributed by atoms with Crippen molar-refractivity contribution in [1.29, 1.82) is 0 Å². The van der Waals surface area contributed by atoms with Crippen molar-refractivity contribution in [1.82, 2.24) is 15.5 Å². The zero-order valence-electron chi connectivity index (χ0n) is 10.5. The van der Waals surface area contributed by atoms with Crippen molar-refractivity contribution in [2.45, 2.75) is 38.8 Å². The highest BCUT2D eigenvalue weighted by Crippen LogP contribution is 2.17. The lowest BCUT2D eigenvalue weighted by atomic mass is 9.95. The van der Waals surface area contributed by atoms with Crippen LogP contribution in [0.25, 0.3) is 0 Å². The van der Waals surface area contributed by atoms with Crippen molar-refractivity contribution < 1.29 is 9.59 Å². The first-order chi connectivity index (χ1) is 8.06. The van der Waals surface area contributed by atoms with Crippen LogP contribution in [0.2, 0.25) is 0 Å². The average molecular weight is 239 g/mol. The summed E-state index contributed by atoms with van der Waals surface area (Å²) < 4.78 is 0. The Labute approximate surface area is 102 Å². The number of amides is 2. The molecule has 2 aliphatic rings. The van der Waals surface area contributed by atoms with Gasteiger partial charge in [0.15, 0.2) is 0 Å². The fourth-order valence-electron chi connectivity index (χ4n) is 2.76. The minimum Gasteiger partial charge on any atom is -0.356 e. The largest absolute Gasteiger partial charge is 0.356 e. The molecule has 2 amide bonds. The maximum absolute atomic E-state index is 12.3. The molecular weight excluding hydrogens is 218 g/mol. The van der Waals surface area contributed by atoms with E-state index >= 15 is 0 Å². The number of rotatable bonds is 1. The molecule has 2 N–H and O–H groups in total. The van der Waals surface area contributed by atoms with Crippen LogP contribution in [0, 0.1) is 5.92 Å². The normalized spacial score (nSPS) is 34.4. The van der Waals surface area contributed by atoms with Crippen LogP contribution in [0.5, 0.6) is 0 Å². The van der Waals surface area contributed by atoms with Crippen molar-refractivity contribution in [2.24, 2.45) is 5.92 Å². The van der Waals surface area contributed by atoms with Crippen LogP contribution in [-0.2, 0) is 9.59 Å². The van der Waals surface area contributed by atoms with Gasteiger partial charge >= 0.3 is 0 Å². The van der Waals surface area contributed by atoms with Gasteiger partial charge in [0.25, 0.3) is 0 Å². The van der Waals surface area contributed by atoms with Crippen molar-refractivity contribution in [3.63, 3.8) is 0 Å². The van der Waals surface area contributed by atoms with E-state index in [0.717, 1.165) is 19.5 Å². The van der Waals surface area contributed by atoms with Crippen molar-refractivity contribution in [3.05, 3.63) is 0 Å². The summed E-state index contributed by atoms with van der Waals surface area (Å²) in [5.74, 6) is 0.0483. The SMILES string of the molecule is C[C@@H]1CN(C(=O)[C@H]2CCNC(=O)C2)C[C@H](C)N1. The summed E-state index contributed by atoms with van der Waals surface area (Å²) in [4.78, 5) is 25.5. The van der Waals surface area contributed by atoms with E-state index in [1.807, 2.05) is 4.90 Å². The molecule has 5 nitrogen and oxygen atoms in total. The van der Waals surface area contributed by atoms with Gasteiger partial charge in [-0.2, -0.15) is 0 Å². The first-order valence-electron chi connectivity index (χ1n) is 6.38. The molecule has 0 radical (unpaired) electrons. The quantitative estimate of drug-likeness (QED) is 0.661. The molecule has 3 atom stereocenters. The zero-order valence-corrected chi connectivity index (χ0v) is 10.5. The van der Waals surface area contributed by atoms with E-state index in [4.69, 9.17) is 0 Å². The van der Waals surface area contributed by atoms with Crippen LogP contribution in [0.1, 0.15) is 26.7 Å². The van der Waals surface area contributed by atoms with E-state index in [1.54, 1.807) is 0 Å². The van der Waals surface area contributed by atoms with Gasteiger partial charge in [-0.3, -0.25) is 9.59 Å². The van der Waals surface area contributed by atoms with E-state index < -0.39 is 0 Å². The topological polar surface area (TPSA) is 61.4 Å². The lowest BCUT2D eigenvalue weighted by molar-refractivity contribution is -0.141. The first-order valence-corrected chi connectivity index (χ1v) is 6.38. The maximum atomic E-state index is 12.3. The summed E-state index contributed by atoms with van der Waals surface area (Å²) >= 11 is 0. The zero-order chi connectivity index (χ0) is 12.4. The third-order valence-electron chi connectivity index (χ3n) is 3.47. The van der Waals surface area contributed by atoms with Gasteiger partial charge in [-0.05, 0) is 20.3 Å². The van der Waals surface area contributed by atoms with Crippen molar-refractivity contribution in [2.75, 3.05) is 19.6 Å². The van der Waals surface area contributed by atoms with Gasteiger partial charge in [-0.1, -0.05) is 0 Å². The number of piperidine rings is 1. The second-order valence-corrected chi connectivity index (χ2v) is 5.25. The minimum atomic E-state index is -0.110. The lowest BCUT2D eigenvalue weighted by Gasteiger charge is -2.38. The molecule has 0 aromatic heterocycles. The molecule has 0 unspecified atom stereocenters. The second kappa shape index (κ2) is 5.04. The summed E-state index contributed by atoms with van der Waals surface area (Å²) in [5.41, 5.74) is 0. The number of hydrogen-bond acceptors (Lipinski definition) is 3. The molecule has 2 fully saturated rings. The highest BCUT2D eigenvalue weighted by molar-refractivity contribution is 5.87. The van der Waals surface area contributed by atoms with Crippen molar-refractivity contribution >= 4 is 11.8 Å². The smallest absolute Gasteiger partial charge is 0.226 e. The summed E-state index contributed by atoms with van der Waals surface area (Å²) in [6, 6.07) is 0.667. The predicted octanol–water partition coefficient (Wildman–Crippen LogP) is -0.279. The number of hydrogen-bond donors (Lipinski definition) is 2. The molecule has 2 aliphatic heterocycles. The average Bonchev–Trinajstić information content (AvgIpc) is 2.26. The van der Waals surface area contributed by atoms with Gasteiger partial charge in [0.2, 0.25) is 11.8 Å². The van der Waals surface area contributed by atoms with E-state index in [1.165, 1.54) is 0 Å². The van der Waals surface area contributed by atoms with E-state index in [-0.39, 0.29) is 17.7 Å². The molecule has 17 heavy (non-hydrogen) atoms. The molecule has 0 aliphatic carbocycles. The Kier molecular flexibility index (Phi) is 3.66. The maximum Gasteiger partial charge on any atom is 0.226 e. The minimum absolute atomic E-state index is 0.00540. The molecule has 2 saturated heterocycles. The highest BCUT2D eigenvalue weighted by Gasteiger charge is 2.32. The third kappa shape index (κ3) is 2.97. The molecule has 2 rings (SSSR count). The molecule has 0 bridgehead atoms. The fourth-order valence-corrected chi connectivity index (χ4v) is 2.76. The van der Waals surface area contributed by atoms with Crippen LogP contribution in [0.4, 0.5) is 0 Å². The Morgan fingerprint density at radius 2 is 1.94 bits per heavy atom. The van der Waals surface area contributed by atoms with Gasteiger partial charge in [-0.25, -0.2) is 0 Å². The number of nitrogens with zero attached hydrogens (tertiary/aromatic N) is 1. The van der Waals surface area contributed by atoms with Crippen LogP contribution in [0.3, 0.4) is 0 Å². The molecule has 0 spiro atoms. The third-order valence-corrected chi connectivity index (χ3v) is 3.47. The number of nitrogens with one attached hydrogen (secondary N) is 2. The number of carbonyl (C=O) groups excluding carboxylic acids is 2. The summed E-state index contributed by atoms with van der Waals surface area (Å²) in [6.07, 6.45) is 1.13. The Bertz CT molecular complexity index is 309. The molecule has 5 heteroatoms. The van der Waals surface area contributed by atoms with Gasteiger partial charge in [0.05, 0.1) is 0 Å². The van der Waals surface area contributed by atoms with Crippen LogP contribution in [-0.4, -0.2) is 48.4 Å². The van der Waals surface area contributed by atoms with E-state index in [0.29, 0.717) is 25.0 Å². The first kappa shape index (κ1) is 12.4. The Morgan fingerprint density at radius 1 is 1.29 bits per heavy atom. The van der Waals surface area contributed by atoms with Crippen LogP contribution < -0.4 is 10.6 Å². The molecule has 96 valence electrons. The van der Waals surface area contributed by atoms with Gasteiger partial charge in [0.1, 0.15) is 0 Å². The van der Waals surface area contributed by atoms with Gasteiger partial charge in [0, 0.05) is 44.1 Å². The van der Waals surface area contributed by atoms with E-state index in [9.17, 15) is 9.59 Å². The highest BCUT2D eigenvalue weighted by atomic mass is 16.2. The summed E-state index contributed by atoms with van der Waals surface area (Å²) in [7, 11) is 0. The second-order valence-electron chi connectivity index (χ2n) is 5.25. The van der Waals surface area contributed by atoms with Crippen LogP contribution in [0.15, 0.2) is 0 Å². The standard InChI is InChI=1S/C12H21N3O2/c1-8-6-15(7-9(2)14-8)12(17)10-3-4-13-11(16)5-10/h8-10,14H,3-7H2,1-2H3,(H,13,16)/t8-,9+,10-/m0/s1. The van der Waals surface area contributed by atoms with Gasteiger partial charge < -0.3 is 15.5 Å². The van der Waals surface area contributed by atoms with E-state index in [2.05, 4.69) is 24.5 Å². The molecule has 0 aromatic rings. The number of piperazine rings is 1. The Hall–Kier alpha value is -1.10. The van der Waals surface area contributed by atoms with Crippen molar-refractivity contribution in [3.8, 4) is 0 Å². The molecular formula is C12H21N3O2. The molecule has 0 saturated carbocycles. The molecule has 0 aromatic carbocycles. The van der Waals surface area contributed by atoms with Gasteiger partial charge in [-0.15, -0.1) is 0 Å². The Morgan fingerprint density at radius 3 is 2.53 bits per heavy atom. The Balaban J connectivity index is 1.96. The molecule has 2 heterocycles. The van der Waals surface area contributed by atoms with Crippen LogP contribution >= 0.6 is 0 Å². The fraction of sp³-hybridized carbons (Fsp3) is 0.833. The predicted molar refractivity (Wildman–Crippen MR) is 64.4 cm³/mol.